The second kappa shape index (κ2) is 7.21. The molecule has 0 atom stereocenters. The van der Waals surface area contributed by atoms with Crippen LogP contribution in [0, 0.1) is 0 Å². The number of ether oxygens (including phenoxy) is 1. The quantitative estimate of drug-likeness (QED) is 0.639. The van der Waals surface area contributed by atoms with Crippen molar-refractivity contribution >= 4 is 5.97 Å². The third-order valence-electron chi connectivity index (χ3n) is 2.23. The zero-order valence-corrected chi connectivity index (χ0v) is 12.1. The van der Waals surface area contributed by atoms with Crippen LogP contribution in [0.5, 0.6) is 11.5 Å². The summed E-state index contributed by atoms with van der Waals surface area (Å²) in [6.45, 7) is 0. The summed E-state index contributed by atoms with van der Waals surface area (Å²) in [5.41, 5.74) is 0.665. The molecule has 0 heterocycles. The number of rotatable bonds is 4. The summed E-state index contributed by atoms with van der Waals surface area (Å²) < 4.78 is 5.59. The molecule has 4 heteroatoms. The average molecular weight is 250 g/mol. The minimum absolute atomic E-state index is 0. The molecule has 0 bridgehead atoms. The van der Waals surface area contributed by atoms with E-state index in [0.29, 0.717) is 11.3 Å². The van der Waals surface area contributed by atoms with Gasteiger partial charge in [0.2, 0.25) is 0 Å². The van der Waals surface area contributed by atoms with E-state index in [4.69, 9.17) is 4.74 Å². The van der Waals surface area contributed by atoms with Gasteiger partial charge in [0.15, 0.2) is 0 Å². The summed E-state index contributed by atoms with van der Waals surface area (Å²) in [6, 6.07) is 16.3. The van der Waals surface area contributed by atoms with Crippen LogP contribution in [0.3, 0.4) is 0 Å². The largest absolute Gasteiger partial charge is 1.00 e. The fraction of sp³-hybridized carbons (Fsp3) is 0.0714. The maximum absolute atomic E-state index is 10.5. The first-order valence-corrected chi connectivity index (χ1v) is 5.26. The zero-order chi connectivity index (χ0) is 12.1. The third kappa shape index (κ3) is 4.53. The monoisotopic (exact) mass is 250 g/mol. The number of carbonyl (C=O) groups is 1. The van der Waals surface area contributed by atoms with E-state index in [-0.39, 0.29) is 36.0 Å². The van der Waals surface area contributed by atoms with Crippen LogP contribution in [0.15, 0.2) is 54.6 Å². The van der Waals surface area contributed by atoms with Gasteiger partial charge in [-0.2, -0.15) is 0 Å². The number of hydrogen-bond acceptors (Lipinski definition) is 3. The van der Waals surface area contributed by atoms with Crippen LogP contribution in [-0.2, 0) is 11.2 Å². The third-order valence-corrected chi connectivity index (χ3v) is 2.23. The van der Waals surface area contributed by atoms with Gasteiger partial charge in [0, 0.05) is 12.4 Å². The maximum atomic E-state index is 10.5. The van der Waals surface area contributed by atoms with E-state index >= 15 is 0 Å². The Labute approximate surface area is 128 Å². The molecule has 0 saturated heterocycles. The molecule has 2 rings (SSSR count). The van der Waals surface area contributed by atoms with Crippen molar-refractivity contribution in [2.24, 2.45) is 0 Å². The van der Waals surface area contributed by atoms with Crippen molar-refractivity contribution in [3.8, 4) is 11.5 Å². The van der Waals surface area contributed by atoms with Crippen molar-refractivity contribution in [3.05, 3.63) is 60.2 Å². The van der Waals surface area contributed by atoms with Gasteiger partial charge in [-0.3, -0.25) is 0 Å². The maximum Gasteiger partial charge on any atom is 1.00 e. The van der Waals surface area contributed by atoms with Gasteiger partial charge in [0.25, 0.3) is 0 Å². The van der Waals surface area contributed by atoms with Gasteiger partial charge in [-0.1, -0.05) is 30.3 Å². The van der Waals surface area contributed by atoms with E-state index in [0.717, 1.165) is 5.75 Å². The SMILES string of the molecule is O=C([O-])Cc1cccc(Oc2ccccc2)c1.[Na+]. The molecule has 0 aliphatic heterocycles. The van der Waals surface area contributed by atoms with E-state index < -0.39 is 5.97 Å². The number of para-hydroxylation sites is 1. The molecule has 2 aromatic rings. The molecule has 0 amide bonds. The van der Waals surface area contributed by atoms with Gasteiger partial charge in [-0.05, 0) is 29.8 Å². The fourth-order valence-corrected chi connectivity index (χ4v) is 1.51. The van der Waals surface area contributed by atoms with Crippen molar-refractivity contribution in [2.45, 2.75) is 6.42 Å². The van der Waals surface area contributed by atoms with Gasteiger partial charge in [0.05, 0.1) is 0 Å². The van der Waals surface area contributed by atoms with Crippen molar-refractivity contribution in [1.29, 1.82) is 0 Å². The summed E-state index contributed by atoms with van der Waals surface area (Å²) >= 11 is 0. The molecule has 0 aliphatic carbocycles. The predicted molar refractivity (Wildman–Crippen MR) is 61.7 cm³/mol. The molecule has 0 N–H and O–H groups in total. The van der Waals surface area contributed by atoms with Crippen molar-refractivity contribution in [1.82, 2.24) is 0 Å². The zero-order valence-electron chi connectivity index (χ0n) is 10.1. The summed E-state index contributed by atoms with van der Waals surface area (Å²) in [4.78, 5) is 10.5. The Morgan fingerprint density at radius 2 is 1.67 bits per heavy atom. The van der Waals surface area contributed by atoms with Crippen LogP contribution in [0.25, 0.3) is 0 Å². The molecule has 0 radical (unpaired) electrons. The van der Waals surface area contributed by atoms with Crippen LogP contribution in [0.4, 0.5) is 0 Å². The van der Waals surface area contributed by atoms with E-state index in [2.05, 4.69) is 0 Å². The van der Waals surface area contributed by atoms with E-state index in [9.17, 15) is 9.90 Å². The van der Waals surface area contributed by atoms with Crippen molar-refractivity contribution < 1.29 is 44.2 Å². The Kier molecular flexibility index (Phi) is 5.92. The molecular formula is C14H11NaO3. The summed E-state index contributed by atoms with van der Waals surface area (Å²) in [5, 5.41) is 10.5. The standard InChI is InChI=1S/C14H12O3.Na/c15-14(16)10-11-5-4-8-13(9-11)17-12-6-2-1-3-7-12;/h1-9H,10H2,(H,15,16);/q;+1/p-1. The van der Waals surface area contributed by atoms with Crippen LogP contribution >= 0.6 is 0 Å². The molecule has 0 unspecified atom stereocenters. The Morgan fingerprint density at radius 1 is 1.00 bits per heavy atom. The number of aliphatic carboxylic acids is 1. The fourth-order valence-electron chi connectivity index (χ4n) is 1.51. The minimum Gasteiger partial charge on any atom is -0.550 e. The van der Waals surface area contributed by atoms with Gasteiger partial charge >= 0.3 is 29.6 Å². The Morgan fingerprint density at radius 3 is 2.33 bits per heavy atom. The molecular weight excluding hydrogens is 239 g/mol. The first kappa shape index (κ1) is 14.8. The predicted octanol–water partition coefficient (Wildman–Crippen LogP) is -1.22. The topological polar surface area (TPSA) is 49.4 Å². The average Bonchev–Trinajstić information content (AvgIpc) is 2.30. The van der Waals surface area contributed by atoms with Gasteiger partial charge in [-0.25, -0.2) is 0 Å². The number of hydrogen-bond donors (Lipinski definition) is 0. The second-order valence-corrected chi connectivity index (χ2v) is 3.61. The Bertz CT molecular complexity index is 511. The molecule has 0 saturated carbocycles. The minimum atomic E-state index is -1.10. The van der Waals surface area contributed by atoms with E-state index in [1.165, 1.54) is 0 Å². The molecule has 2 aromatic carbocycles. The first-order valence-electron chi connectivity index (χ1n) is 5.26. The molecule has 0 aliphatic rings. The number of benzene rings is 2. The Hall–Kier alpha value is -1.29. The number of carbonyl (C=O) groups excluding carboxylic acids is 1. The van der Waals surface area contributed by atoms with Crippen molar-refractivity contribution in [2.75, 3.05) is 0 Å². The van der Waals surface area contributed by atoms with E-state index in [1.807, 2.05) is 30.3 Å². The van der Waals surface area contributed by atoms with E-state index in [1.54, 1.807) is 24.3 Å². The van der Waals surface area contributed by atoms with Crippen molar-refractivity contribution in [3.63, 3.8) is 0 Å². The van der Waals surface area contributed by atoms with Gasteiger partial charge in [-0.15, -0.1) is 0 Å². The van der Waals surface area contributed by atoms with Crippen LogP contribution in [0.2, 0.25) is 0 Å². The summed E-state index contributed by atoms with van der Waals surface area (Å²) in [6.07, 6.45) is -0.105. The molecule has 0 fully saturated rings. The van der Waals surface area contributed by atoms with Crippen LogP contribution in [0.1, 0.15) is 5.56 Å². The molecule has 0 aromatic heterocycles. The normalized spacial score (nSPS) is 9.33. The molecule has 86 valence electrons. The Balaban J connectivity index is 0.00000162. The van der Waals surface area contributed by atoms with Gasteiger partial charge in [0.1, 0.15) is 11.5 Å². The summed E-state index contributed by atoms with van der Waals surface area (Å²) in [7, 11) is 0. The summed E-state index contributed by atoms with van der Waals surface area (Å²) in [5.74, 6) is 0.245. The van der Waals surface area contributed by atoms with Crippen LogP contribution < -0.4 is 39.4 Å². The first-order chi connectivity index (χ1) is 8.24. The number of carboxylic acids is 1. The second-order valence-electron chi connectivity index (χ2n) is 3.61. The molecule has 3 nitrogen and oxygen atoms in total. The van der Waals surface area contributed by atoms with Crippen LogP contribution in [-0.4, -0.2) is 5.97 Å². The van der Waals surface area contributed by atoms with Gasteiger partial charge < -0.3 is 14.6 Å². The molecule has 0 spiro atoms. The number of carboxylic acid groups (broad SMARTS) is 1. The molecule has 18 heavy (non-hydrogen) atoms. The smallest absolute Gasteiger partial charge is 0.550 e.